The van der Waals surface area contributed by atoms with E-state index in [1.807, 2.05) is 19.1 Å². The first-order valence-electron chi connectivity index (χ1n) is 5.83. The molecule has 0 unspecified atom stereocenters. The highest BCUT2D eigenvalue weighted by molar-refractivity contribution is 5.66. The van der Waals surface area contributed by atoms with Gasteiger partial charge in [0.05, 0.1) is 6.10 Å². The van der Waals surface area contributed by atoms with E-state index in [4.69, 9.17) is 9.47 Å². The molecule has 0 aromatic heterocycles. The molecule has 4 heteroatoms. The van der Waals surface area contributed by atoms with E-state index in [0.717, 1.165) is 5.56 Å². The Hall–Kier alpha value is -1.68. The molecule has 96 valence electrons. The topological polar surface area (TPSA) is 35.5 Å². The quantitative estimate of drug-likeness (QED) is 0.598. The predicted molar refractivity (Wildman–Crippen MR) is 64.4 cm³/mol. The normalized spacial score (nSPS) is 26.9. The minimum atomic E-state index is -0.362. The van der Waals surface area contributed by atoms with Crippen molar-refractivity contribution in [1.82, 2.24) is 0 Å². The molecule has 1 heterocycles. The number of benzene rings is 1. The third-order valence-corrected chi connectivity index (χ3v) is 2.80. The lowest BCUT2D eigenvalue weighted by molar-refractivity contribution is -0.153. The van der Waals surface area contributed by atoms with E-state index in [0.29, 0.717) is 0 Å². The van der Waals surface area contributed by atoms with Gasteiger partial charge in [-0.25, -0.2) is 4.39 Å². The zero-order valence-corrected chi connectivity index (χ0v) is 10.3. The predicted octanol–water partition coefficient (Wildman–Crippen LogP) is 2.77. The number of hydrogen-bond acceptors (Lipinski definition) is 3. The molecule has 1 aliphatic heterocycles. The van der Waals surface area contributed by atoms with Gasteiger partial charge in [0.2, 0.25) is 0 Å². The second-order valence-corrected chi connectivity index (χ2v) is 4.27. The Morgan fingerprint density at radius 3 is 2.50 bits per heavy atom. The fourth-order valence-corrected chi connectivity index (χ4v) is 1.89. The van der Waals surface area contributed by atoms with E-state index in [1.165, 1.54) is 19.1 Å². The smallest absolute Gasteiger partial charge is 0.303 e. The van der Waals surface area contributed by atoms with Crippen LogP contribution in [0.4, 0.5) is 4.39 Å². The van der Waals surface area contributed by atoms with Crippen molar-refractivity contribution in [2.24, 2.45) is 0 Å². The Balaban J connectivity index is 2.10. The second-order valence-electron chi connectivity index (χ2n) is 4.27. The Morgan fingerprint density at radius 2 is 1.94 bits per heavy atom. The van der Waals surface area contributed by atoms with E-state index in [2.05, 4.69) is 0 Å². The zero-order chi connectivity index (χ0) is 13.1. The van der Waals surface area contributed by atoms with Gasteiger partial charge in [-0.2, -0.15) is 0 Å². The van der Waals surface area contributed by atoms with Crippen LogP contribution in [-0.2, 0) is 14.3 Å². The summed E-state index contributed by atoms with van der Waals surface area (Å²) in [6.45, 7) is 3.21. The maximum atomic E-state index is 12.8. The Kier molecular flexibility index (Phi) is 3.77. The number of carbonyl (C=O) groups excluding carboxylic acids is 1. The van der Waals surface area contributed by atoms with Crippen molar-refractivity contribution in [3.63, 3.8) is 0 Å². The van der Waals surface area contributed by atoms with Gasteiger partial charge in [-0.05, 0) is 30.7 Å². The van der Waals surface area contributed by atoms with Gasteiger partial charge < -0.3 is 9.47 Å². The van der Waals surface area contributed by atoms with Gasteiger partial charge in [-0.3, -0.25) is 4.79 Å². The Morgan fingerprint density at radius 1 is 1.28 bits per heavy atom. The van der Waals surface area contributed by atoms with Gasteiger partial charge in [0.25, 0.3) is 0 Å². The molecule has 0 aliphatic carbocycles. The monoisotopic (exact) mass is 250 g/mol. The Bertz CT molecular complexity index is 453. The number of halogens is 1. The van der Waals surface area contributed by atoms with E-state index >= 15 is 0 Å². The molecule has 3 atom stereocenters. The summed E-state index contributed by atoms with van der Waals surface area (Å²) >= 11 is 0. The van der Waals surface area contributed by atoms with E-state index in [-0.39, 0.29) is 30.1 Å². The van der Waals surface area contributed by atoms with Crippen LogP contribution in [0.3, 0.4) is 0 Å². The largest absolute Gasteiger partial charge is 0.456 e. The number of carbonyl (C=O) groups is 1. The molecular formula is C14H15FO3. The molecule has 1 aromatic rings. The van der Waals surface area contributed by atoms with Crippen LogP contribution in [0.1, 0.15) is 25.5 Å². The molecule has 0 radical (unpaired) electrons. The highest BCUT2D eigenvalue weighted by Crippen LogP contribution is 2.27. The van der Waals surface area contributed by atoms with E-state index in [1.54, 1.807) is 12.1 Å². The van der Waals surface area contributed by atoms with Crippen molar-refractivity contribution in [1.29, 1.82) is 0 Å². The minimum absolute atomic E-state index is 0.228. The molecule has 2 rings (SSSR count). The SMILES string of the molecule is CC(=O)O[C@H]1C=C[C@@H](c2ccc(F)cc2)O[C@@H]1C. The number of rotatable bonds is 2. The molecule has 0 saturated carbocycles. The van der Waals surface area contributed by atoms with Crippen LogP contribution in [-0.4, -0.2) is 18.2 Å². The van der Waals surface area contributed by atoms with Crippen LogP contribution in [0, 0.1) is 5.82 Å². The van der Waals surface area contributed by atoms with Crippen molar-refractivity contribution in [3.05, 3.63) is 47.8 Å². The van der Waals surface area contributed by atoms with Crippen LogP contribution >= 0.6 is 0 Å². The lowest BCUT2D eigenvalue weighted by Gasteiger charge is -2.29. The van der Waals surface area contributed by atoms with Crippen LogP contribution in [0.5, 0.6) is 0 Å². The van der Waals surface area contributed by atoms with Gasteiger partial charge >= 0.3 is 5.97 Å². The standard InChI is InChI=1S/C14H15FO3/c1-9-13(18-10(2)16)7-8-14(17-9)11-3-5-12(15)6-4-11/h3-9,13-14H,1-2H3/t9-,13+,14+/m1/s1. The lowest BCUT2D eigenvalue weighted by atomic mass is 10.0. The summed E-state index contributed by atoms with van der Waals surface area (Å²) in [6, 6.07) is 6.16. The minimum Gasteiger partial charge on any atom is -0.456 e. The summed E-state index contributed by atoms with van der Waals surface area (Å²) in [7, 11) is 0. The lowest BCUT2D eigenvalue weighted by Crippen LogP contribution is -2.33. The molecule has 18 heavy (non-hydrogen) atoms. The van der Waals surface area contributed by atoms with Crippen LogP contribution in [0.25, 0.3) is 0 Å². The fourth-order valence-electron chi connectivity index (χ4n) is 1.89. The van der Waals surface area contributed by atoms with Crippen LogP contribution in [0.2, 0.25) is 0 Å². The molecule has 0 bridgehead atoms. The molecule has 0 amide bonds. The van der Waals surface area contributed by atoms with Gasteiger partial charge in [-0.1, -0.05) is 18.2 Å². The molecule has 0 saturated heterocycles. The zero-order valence-electron chi connectivity index (χ0n) is 10.3. The highest BCUT2D eigenvalue weighted by Gasteiger charge is 2.26. The molecular weight excluding hydrogens is 235 g/mol. The number of ether oxygens (including phenoxy) is 2. The fraction of sp³-hybridized carbons (Fsp3) is 0.357. The van der Waals surface area contributed by atoms with Crippen molar-refractivity contribution in [2.45, 2.75) is 32.2 Å². The summed E-state index contributed by atoms with van der Waals surface area (Å²) in [5, 5.41) is 0. The summed E-state index contributed by atoms with van der Waals surface area (Å²) in [5.74, 6) is -0.607. The molecule has 0 N–H and O–H groups in total. The summed E-state index contributed by atoms with van der Waals surface area (Å²) < 4.78 is 23.7. The van der Waals surface area contributed by atoms with Crippen molar-refractivity contribution < 1.29 is 18.7 Å². The van der Waals surface area contributed by atoms with Crippen molar-refractivity contribution in [2.75, 3.05) is 0 Å². The van der Waals surface area contributed by atoms with E-state index < -0.39 is 0 Å². The van der Waals surface area contributed by atoms with E-state index in [9.17, 15) is 9.18 Å². The molecule has 3 nitrogen and oxygen atoms in total. The van der Waals surface area contributed by atoms with Gasteiger partial charge in [0.1, 0.15) is 18.0 Å². The maximum absolute atomic E-state index is 12.8. The van der Waals surface area contributed by atoms with Crippen LogP contribution < -0.4 is 0 Å². The number of esters is 1. The first kappa shape index (κ1) is 12.8. The average molecular weight is 250 g/mol. The van der Waals surface area contributed by atoms with Crippen molar-refractivity contribution >= 4 is 5.97 Å². The van der Waals surface area contributed by atoms with Crippen LogP contribution in [0.15, 0.2) is 36.4 Å². The number of hydrogen-bond donors (Lipinski definition) is 0. The average Bonchev–Trinajstić information content (AvgIpc) is 2.32. The third-order valence-electron chi connectivity index (χ3n) is 2.80. The first-order valence-corrected chi connectivity index (χ1v) is 5.83. The summed E-state index contributed by atoms with van der Waals surface area (Å²) in [6.07, 6.45) is 2.81. The summed E-state index contributed by atoms with van der Waals surface area (Å²) in [5.41, 5.74) is 0.876. The molecule has 1 aliphatic rings. The van der Waals surface area contributed by atoms with Gasteiger partial charge in [-0.15, -0.1) is 0 Å². The Labute approximate surface area is 105 Å². The molecule has 0 fully saturated rings. The van der Waals surface area contributed by atoms with Gasteiger partial charge in [0.15, 0.2) is 0 Å². The molecule has 0 spiro atoms. The summed E-state index contributed by atoms with van der Waals surface area (Å²) in [4.78, 5) is 10.9. The highest BCUT2D eigenvalue weighted by atomic mass is 19.1. The first-order chi connectivity index (χ1) is 8.56. The van der Waals surface area contributed by atoms with Crippen molar-refractivity contribution in [3.8, 4) is 0 Å². The third kappa shape index (κ3) is 2.96. The van der Waals surface area contributed by atoms with Gasteiger partial charge in [0, 0.05) is 6.92 Å². The second kappa shape index (κ2) is 5.31. The molecule has 1 aromatic carbocycles. The maximum Gasteiger partial charge on any atom is 0.303 e.